The van der Waals surface area contributed by atoms with Gasteiger partial charge in [-0.1, -0.05) is 0 Å². The van der Waals surface area contributed by atoms with E-state index in [1.165, 1.54) is 5.06 Å². The first-order valence-electron chi connectivity index (χ1n) is 3.83. The van der Waals surface area contributed by atoms with Crippen molar-refractivity contribution in [2.24, 2.45) is 0 Å². The molecule has 1 N–H and O–H groups in total. The SMILES string of the molecule is COC1CC2CCC1N2O. The van der Waals surface area contributed by atoms with Crippen molar-refractivity contribution in [3.05, 3.63) is 0 Å². The fourth-order valence-corrected chi connectivity index (χ4v) is 2.16. The van der Waals surface area contributed by atoms with Crippen molar-refractivity contribution in [2.75, 3.05) is 7.11 Å². The Morgan fingerprint density at radius 2 is 2.30 bits per heavy atom. The molecule has 3 unspecified atom stereocenters. The maximum Gasteiger partial charge on any atom is 0.0765 e. The summed E-state index contributed by atoms with van der Waals surface area (Å²) in [7, 11) is 1.72. The van der Waals surface area contributed by atoms with Crippen molar-refractivity contribution < 1.29 is 9.94 Å². The van der Waals surface area contributed by atoms with Crippen LogP contribution in [-0.2, 0) is 4.74 Å². The summed E-state index contributed by atoms with van der Waals surface area (Å²) < 4.78 is 5.21. The lowest BCUT2D eigenvalue weighted by Gasteiger charge is -2.18. The Kier molecular flexibility index (Phi) is 1.44. The molecule has 2 rings (SSSR count). The number of rotatable bonds is 1. The summed E-state index contributed by atoms with van der Waals surface area (Å²) >= 11 is 0. The van der Waals surface area contributed by atoms with Crippen molar-refractivity contribution in [2.45, 2.75) is 37.5 Å². The number of hydrogen-bond donors (Lipinski definition) is 1. The van der Waals surface area contributed by atoms with E-state index in [1.54, 1.807) is 7.11 Å². The van der Waals surface area contributed by atoms with E-state index in [1.807, 2.05) is 0 Å². The standard InChI is InChI=1S/C7H13NO2/c1-10-7-4-5-2-3-6(7)8(5)9/h5-7,9H,2-4H2,1H3. The smallest absolute Gasteiger partial charge is 0.0765 e. The Morgan fingerprint density at radius 1 is 1.50 bits per heavy atom. The Morgan fingerprint density at radius 3 is 2.60 bits per heavy atom. The fourth-order valence-electron chi connectivity index (χ4n) is 2.16. The van der Waals surface area contributed by atoms with Gasteiger partial charge in [-0.05, 0) is 19.3 Å². The monoisotopic (exact) mass is 143 g/mol. The topological polar surface area (TPSA) is 32.7 Å². The minimum Gasteiger partial charge on any atom is -0.380 e. The molecule has 0 aliphatic carbocycles. The van der Waals surface area contributed by atoms with Crippen LogP contribution in [0.1, 0.15) is 19.3 Å². The van der Waals surface area contributed by atoms with Gasteiger partial charge in [-0.25, -0.2) is 0 Å². The summed E-state index contributed by atoms with van der Waals surface area (Å²) in [6.45, 7) is 0. The van der Waals surface area contributed by atoms with Gasteiger partial charge in [0.1, 0.15) is 0 Å². The van der Waals surface area contributed by atoms with Crippen LogP contribution in [0.3, 0.4) is 0 Å². The molecular formula is C7H13NO2. The number of ether oxygens (including phenoxy) is 1. The van der Waals surface area contributed by atoms with E-state index in [-0.39, 0.29) is 12.1 Å². The third-order valence-corrected chi connectivity index (χ3v) is 2.75. The molecule has 3 nitrogen and oxygen atoms in total. The van der Waals surface area contributed by atoms with Crippen molar-refractivity contribution >= 4 is 0 Å². The van der Waals surface area contributed by atoms with Gasteiger partial charge in [0, 0.05) is 13.2 Å². The van der Waals surface area contributed by atoms with Crippen LogP contribution in [0.5, 0.6) is 0 Å². The van der Waals surface area contributed by atoms with Gasteiger partial charge in [0.15, 0.2) is 0 Å². The van der Waals surface area contributed by atoms with Crippen LogP contribution in [0.4, 0.5) is 0 Å². The number of hydroxylamine groups is 2. The molecule has 2 heterocycles. The zero-order valence-corrected chi connectivity index (χ0v) is 6.16. The van der Waals surface area contributed by atoms with Gasteiger partial charge >= 0.3 is 0 Å². The lowest BCUT2D eigenvalue weighted by Crippen LogP contribution is -2.30. The van der Waals surface area contributed by atoms with Gasteiger partial charge < -0.3 is 9.94 Å². The second kappa shape index (κ2) is 2.19. The second-order valence-corrected chi connectivity index (χ2v) is 3.19. The Hall–Kier alpha value is -0.120. The minimum absolute atomic E-state index is 0.281. The first-order chi connectivity index (χ1) is 4.83. The van der Waals surface area contributed by atoms with Gasteiger partial charge in [0.05, 0.1) is 12.1 Å². The lowest BCUT2D eigenvalue weighted by molar-refractivity contribution is -0.119. The lowest BCUT2D eigenvalue weighted by atomic mass is 9.98. The highest BCUT2D eigenvalue weighted by Gasteiger charge is 2.45. The molecule has 0 spiro atoms. The largest absolute Gasteiger partial charge is 0.380 e. The van der Waals surface area contributed by atoms with Crippen molar-refractivity contribution in [3.63, 3.8) is 0 Å². The third kappa shape index (κ3) is 0.713. The number of nitrogens with zero attached hydrogens (tertiary/aromatic N) is 1. The molecule has 58 valence electrons. The van der Waals surface area contributed by atoms with Gasteiger partial charge in [-0.3, -0.25) is 0 Å². The Balaban J connectivity index is 2.08. The molecule has 0 aromatic rings. The molecule has 2 fully saturated rings. The highest BCUT2D eigenvalue weighted by Crippen LogP contribution is 2.37. The summed E-state index contributed by atoms with van der Waals surface area (Å²) in [6.07, 6.45) is 3.53. The van der Waals surface area contributed by atoms with Crippen LogP contribution in [0.15, 0.2) is 0 Å². The molecule has 2 aliphatic rings. The fraction of sp³-hybridized carbons (Fsp3) is 1.00. The maximum atomic E-state index is 9.38. The molecule has 2 saturated heterocycles. The van der Waals surface area contributed by atoms with Crippen LogP contribution < -0.4 is 0 Å². The number of fused-ring (bicyclic) bond motifs is 2. The predicted octanol–water partition coefficient (Wildman–Crippen LogP) is 0.627. The predicted molar refractivity (Wildman–Crippen MR) is 35.8 cm³/mol. The van der Waals surface area contributed by atoms with E-state index in [2.05, 4.69) is 0 Å². The van der Waals surface area contributed by atoms with Crippen LogP contribution >= 0.6 is 0 Å². The second-order valence-electron chi connectivity index (χ2n) is 3.19. The molecule has 0 saturated carbocycles. The summed E-state index contributed by atoms with van der Waals surface area (Å²) in [4.78, 5) is 0. The normalized spacial score (nSPS) is 46.8. The Labute approximate surface area is 60.5 Å². The summed E-state index contributed by atoms with van der Waals surface area (Å²) in [5, 5.41) is 10.9. The van der Waals surface area contributed by atoms with E-state index in [9.17, 15) is 5.21 Å². The van der Waals surface area contributed by atoms with Crippen LogP contribution in [-0.4, -0.2) is 35.6 Å². The van der Waals surface area contributed by atoms with Gasteiger partial charge in [-0.2, -0.15) is 5.06 Å². The summed E-state index contributed by atoms with van der Waals surface area (Å²) in [6, 6.07) is 0.671. The summed E-state index contributed by atoms with van der Waals surface area (Å²) in [5.41, 5.74) is 0. The first kappa shape index (κ1) is 6.58. The van der Waals surface area contributed by atoms with Crippen molar-refractivity contribution in [1.82, 2.24) is 5.06 Å². The molecule has 2 bridgehead atoms. The number of methoxy groups -OCH3 is 1. The maximum absolute atomic E-state index is 9.38. The van der Waals surface area contributed by atoms with Gasteiger partial charge in [0.2, 0.25) is 0 Å². The molecule has 3 atom stereocenters. The van der Waals surface area contributed by atoms with Crippen LogP contribution in [0.2, 0.25) is 0 Å². The van der Waals surface area contributed by atoms with Crippen molar-refractivity contribution in [1.29, 1.82) is 0 Å². The van der Waals surface area contributed by atoms with Crippen LogP contribution in [0, 0.1) is 0 Å². The third-order valence-electron chi connectivity index (χ3n) is 2.75. The molecule has 10 heavy (non-hydrogen) atoms. The van der Waals surface area contributed by atoms with E-state index in [4.69, 9.17) is 4.74 Å². The molecule has 0 amide bonds. The summed E-state index contributed by atoms with van der Waals surface area (Å²) in [5.74, 6) is 0. The molecule has 0 aromatic heterocycles. The van der Waals surface area contributed by atoms with E-state index in [0.29, 0.717) is 6.04 Å². The number of hydrogen-bond acceptors (Lipinski definition) is 3. The molecule has 2 aliphatic heterocycles. The highest BCUT2D eigenvalue weighted by molar-refractivity contribution is 4.97. The first-order valence-corrected chi connectivity index (χ1v) is 3.83. The average Bonchev–Trinajstić information content (AvgIpc) is 2.46. The molecular weight excluding hydrogens is 130 g/mol. The highest BCUT2D eigenvalue weighted by atomic mass is 16.5. The Bertz CT molecular complexity index is 140. The molecule has 0 aromatic carbocycles. The zero-order valence-electron chi connectivity index (χ0n) is 6.16. The minimum atomic E-state index is 0.281. The quantitative estimate of drug-likeness (QED) is 0.584. The van der Waals surface area contributed by atoms with E-state index >= 15 is 0 Å². The average molecular weight is 143 g/mol. The van der Waals surface area contributed by atoms with Crippen LogP contribution in [0.25, 0.3) is 0 Å². The van der Waals surface area contributed by atoms with E-state index in [0.717, 1.165) is 19.3 Å². The van der Waals surface area contributed by atoms with Crippen molar-refractivity contribution in [3.8, 4) is 0 Å². The van der Waals surface area contributed by atoms with Gasteiger partial charge in [-0.15, -0.1) is 0 Å². The zero-order chi connectivity index (χ0) is 7.14. The van der Waals surface area contributed by atoms with E-state index < -0.39 is 0 Å². The van der Waals surface area contributed by atoms with Gasteiger partial charge in [0.25, 0.3) is 0 Å². The molecule has 0 radical (unpaired) electrons. The molecule has 3 heteroatoms.